The first-order valence-electron chi connectivity index (χ1n) is 15.6. The van der Waals surface area contributed by atoms with Crippen molar-refractivity contribution < 1.29 is 42.7 Å². The van der Waals surface area contributed by atoms with Gasteiger partial charge in [0.1, 0.15) is 6.61 Å². The van der Waals surface area contributed by atoms with Crippen LogP contribution < -0.4 is 0 Å². The molecule has 0 aliphatic rings. The Morgan fingerprint density at radius 2 is 1.22 bits per heavy atom. The van der Waals surface area contributed by atoms with Crippen LogP contribution in [0.3, 0.4) is 0 Å². The van der Waals surface area contributed by atoms with Crippen molar-refractivity contribution in [1.82, 2.24) is 0 Å². The number of phosphoric ester groups is 1. The molecule has 0 saturated heterocycles. The molecule has 238 valence electrons. The predicted octanol–water partition coefficient (Wildman–Crippen LogP) is 7.68. The highest BCUT2D eigenvalue weighted by atomic mass is 31.2. The van der Waals surface area contributed by atoms with E-state index in [1.807, 2.05) is 6.08 Å². The largest absolute Gasteiger partial charge is 0.469 e. The van der Waals surface area contributed by atoms with E-state index in [1.54, 1.807) is 12.2 Å². The normalized spacial score (nSPS) is 12.7. The molecule has 0 aromatic heterocycles. The van der Waals surface area contributed by atoms with Crippen molar-refractivity contribution in [2.24, 2.45) is 0 Å². The van der Waals surface area contributed by atoms with Crippen LogP contribution in [0.5, 0.6) is 0 Å². The summed E-state index contributed by atoms with van der Waals surface area (Å²) in [5, 5.41) is 0. The number of hydrogen-bond donors (Lipinski definition) is 2. The van der Waals surface area contributed by atoms with E-state index in [0.717, 1.165) is 70.6 Å². The lowest BCUT2D eigenvalue weighted by molar-refractivity contribution is -0.161. The zero-order valence-electron chi connectivity index (χ0n) is 25.4. The molecule has 0 saturated carbocycles. The molecule has 0 fully saturated rings. The topological polar surface area (TPSA) is 136 Å². The number of esters is 2. The summed E-state index contributed by atoms with van der Waals surface area (Å²) in [6.45, 7) is 3.41. The van der Waals surface area contributed by atoms with Crippen molar-refractivity contribution in [3.05, 3.63) is 24.3 Å². The van der Waals surface area contributed by atoms with Gasteiger partial charge in [-0.05, 0) is 38.2 Å². The molecule has 0 unspecified atom stereocenters. The van der Waals surface area contributed by atoms with E-state index >= 15 is 0 Å². The second-order valence-corrected chi connectivity index (χ2v) is 11.7. The molecule has 0 spiro atoms. The predicted molar refractivity (Wildman–Crippen MR) is 161 cm³/mol. The number of hydrogen-bond acceptors (Lipinski definition) is 7. The Labute approximate surface area is 247 Å². The zero-order valence-corrected chi connectivity index (χ0v) is 26.3. The monoisotopic (exact) mass is 602 g/mol. The second kappa shape index (κ2) is 27.1. The summed E-state index contributed by atoms with van der Waals surface area (Å²) in [6, 6.07) is 0. The van der Waals surface area contributed by atoms with Gasteiger partial charge in [0.15, 0.2) is 11.9 Å². The van der Waals surface area contributed by atoms with Crippen molar-refractivity contribution >= 4 is 25.5 Å². The minimum absolute atomic E-state index is 0.173. The molecule has 0 radical (unpaired) electrons. The third kappa shape index (κ3) is 29.5. The van der Waals surface area contributed by atoms with Gasteiger partial charge in [-0.15, -0.1) is 0 Å². The van der Waals surface area contributed by atoms with Gasteiger partial charge >= 0.3 is 19.8 Å². The summed E-state index contributed by atoms with van der Waals surface area (Å²) in [5.41, 5.74) is 0. The Hall–Kier alpha value is -1.80. The molecule has 1 atom stereocenters. The van der Waals surface area contributed by atoms with Crippen LogP contribution in [-0.4, -0.2) is 46.8 Å². The quantitative estimate of drug-likeness (QED) is 0.0304. The standard InChI is InChI=1S/C31H55O9P/c1-3-5-7-8-12-17-21-25-31(34)40-29(27-39-41(35,36)37)26-38-30(33)24-20-16-14-11-9-10-13-15-19-23-28(32)22-18-6-4-2/h13,15,19,23,29H,3-12,14,16-18,20-22,24-27H2,1-2H3,(H2,35,36,37)/b15-13-,23-19+/t29-/m1/s1. The molecule has 0 aromatic rings. The SMILES string of the molecule is CCCCCCCCCC(=O)O[C@H](COC(=O)CCCCCCC/C=C\C=C\C(=O)CCCCC)COP(=O)(O)O. The van der Waals surface area contributed by atoms with Crippen molar-refractivity contribution in [1.29, 1.82) is 0 Å². The van der Waals surface area contributed by atoms with Crippen molar-refractivity contribution in [2.45, 2.75) is 142 Å². The van der Waals surface area contributed by atoms with Gasteiger partial charge < -0.3 is 19.3 Å². The second-order valence-electron chi connectivity index (χ2n) is 10.5. The van der Waals surface area contributed by atoms with Gasteiger partial charge in [0.05, 0.1) is 6.61 Å². The van der Waals surface area contributed by atoms with Crippen LogP contribution in [0.15, 0.2) is 24.3 Å². The molecule has 0 aliphatic carbocycles. The number of phosphoric acid groups is 1. The van der Waals surface area contributed by atoms with E-state index < -0.39 is 32.5 Å². The van der Waals surface area contributed by atoms with Crippen molar-refractivity contribution in [3.8, 4) is 0 Å². The van der Waals surface area contributed by atoms with Crippen LogP contribution >= 0.6 is 7.82 Å². The molecule has 2 N–H and O–H groups in total. The molecule has 0 aromatic carbocycles. The van der Waals surface area contributed by atoms with E-state index in [1.165, 1.54) is 19.3 Å². The average Bonchev–Trinajstić information content (AvgIpc) is 2.92. The van der Waals surface area contributed by atoms with E-state index in [-0.39, 0.29) is 25.2 Å². The van der Waals surface area contributed by atoms with Gasteiger partial charge in [-0.1, -0.05) is 103 Å². The van der Waals surface area contributed by atoms with Gasteiger partial charge in [-0.3, -0.25) is 18.9 Å². The fourth-order valence-corrected chi connectivity index (χ4v) is 4.42. The summed E-state index contributed by atoms with van der Waals surface area (Å²) in [4.78, 5) is 53.9. The zero-order chi connectivity index (χ0) is 30.6. The smallest absolute Gasteiger partial charge is 0.462 e. The maximum absolute atomic E-state index is 12.2. The van der Waals surface area contributed by atoms with Crippen LogP contribution in [-0.2, 0) is 32.9 Å². The van der Waals surface area contributed by atoms with E-state index in [9.17, 15) is 18.9 Å². The molecule has 0 bridgehead atoms. The Balaban J connectivity index is 4.08. The lowest BCUT2D eigenvalue weighted by Crippen LogP contribution is -2.29. The molecule has 0 amide bonds. The summed E-state index contributed by atoms with van der Waals surface area (Å²) < 4.78 is 26.0. The Bertz CT molecular complexity index is 788. The Kier molecular flexibility index (Phi) is 25.9. The van der Waals surface area contributed by atoms with Crippen molar-refractivity contribution in [3.63, 3.8) is 0 Å². The first-order valence-corrected chi connectivity index (χ1v) is 17.1. The van der Waals surface area contributed by atoms with Crippen LogP contribution in [0.25, 0.3) is 0 Å². The molecule has 9 nitrogen and oxygen atoms in total. The number of ketones is 1. The van der Waals surface area contributed by atoms with Gasteiger partial charge in [-0.25, -0.2) is 4.57 Å². The Morgan fingerprint density at radius 3 is 1.85 bits per heavy atom. The third-order valence-electron chi connectivity index (χ3n) is 6.45. The number of allylic oxidation sites excluding steroid dienone is 4. The average molecular weight is 603 g/mol. The first kappa shape index (κ1) is 39.2. The van der Waals surface area contributed by atoms with Crippen molar-refractivity contribution in [2.75, 3.05) is 13.2 Å². The highest BCUT2D eigenvalue weighted by Crippen LogP contribution is 2.35. The number of unbranched alkanes of at least 4 members (excludes halogenated alkanes) is 13. The lowest BCUT2D eigenvalue weighted by atomic mass is 10.1. The van der Waals surface area contributed by atoms with Gasteiger partial charge in [0.2, 0.25) is 0 Å². The summed E-state index contributed by atoms with van der Waals surface area (Å²) in [5.74, 6) is -0.782. The van der Waals surface area contributed by atoms with Crippen LogP contribution in [0, 0.1) is 0 Å². The van der Waals surface area contributed by atoms with E-state index in [0.29, 0.717) is 19.3 Å². The Morgan fingerprint density at radius 1 is 0.683 bits per heavy atom. The molecule has 41 heavy (non-hydrogen) atoms. The number of ether oxygens (including phenoxy) is 2. The minimum atomic E-state index is -4.75. The number of carbonyl (C=O) groups is 3. The van der Waals surface area contributed by atoms with Gasteiger partial charge in [0.25, 0.3) is 0 Å². The van der Waals surface area contributed by atoms with Crippen LogP contribution in [0.1, 0.15) is 136 Å². The van der Waals surface area contributed by atoms with Gasteiger partial charge in [0, 0.05) is 19.3 Å². The molecule has 0 heterocycles. The number of rotatable bonds is 28. The van der Waals surface area contributed by atoms with E-state index in [4.69, 9.17) is 19.3 Å². The summed E-state index contributed by atoms with van der Waals surface area (Å²) in [6.07, 6.45) is 23.4. The van der Waals surface area contributed by atoms with Crippen LogP contribution in [0.4, 0.5) is 0 Å². The summed E-state index contributed by atoms with van der Waals surface area (Å²) >= 11 is 0. The minimum Gasteiger partial charge on any atom is -0.462 e. The highest BCUT2D eigenvalue weighted by Gasteiger charge is 2.22. The molecular formula is C31H55O9P. The third-order valence-corrected chi connectivity index (χ3v) is 6.93. The fourth-order valence-electron chi connectivity index (χ4n) is 4.06. The highest BCUT2D eigenvalue weighted by molar-refractivity contribution is 7.46. The maximum atomic E-state index is 12.2. The lowest BCUT2D eigenvalue weighted by Gasteiger charge is -2.18. The molecule has 0 rings (SSSR count). The first-order chi connectivity index (χ1) is 19.7. The van der Waals surface area contributed by atoms with Gasteiger partial charge in [-0.2, -0.15) is 0 Å². The molecular weight excluding hydrogens is 547 g/mol. The number of carbonyl (C=O) groups excluding carboxylic acids is 3. The van der Waals surface area contributed by atoms with E-state index in [2.05, 4.69) is 24.4 Å². The molecule has 0 aliphatic heterocycles. The molecule has 10 heteroatoms. The summed E-state index contributed by atoms with van der Waals surface area (Å²) in [7, 11) is -4.75. The maximum Gasteiger partial charge on any atom is 0.469 e. The fraction of sp³-hybridized carbons (Fsp3) is 0.774. The van der Waals surface area contributed by atoms with Crippen LogP contribution in [0.2, 0.25) is 0 Å².